The molecule has 0 aromatic heterocycles. The third-order valence-electron chi connectivity index (χ3n) is 4.01. The van der Waals surface area contributed by atoms with Gasteiger partial charge < -0.3 is 5.32 Å². The molecule has 2 nitrogen and oxygen atoms in total. The molecule has 0 saturated carbocycles. The molecule has 19 heavy (non-hydrogen) atoms. The van der Waals surface area contributed by atoms with Crippen LogP contribution < -0.4 is 5.32 Å². The van der Waals surface area contributed by atoms with Crippen LogP contribution in [0.1, 0.15) is 44.0 Å². The molecule has 0 aliphatic rings. The predicted molar refractivity (Wildman–Crippen MR) is 80.4 cm³/mol. The maximum Gasteiger partial charge on any atom is 0.252 e. The van der Waals surface area contributed by atoms with Gasteiger partial charge in [-0.2, -0.15) is 0 Å². The van der Waals surface area contributed by atoms with Gasteiger partial charge >= 0.3 is 0 Å². The zero-order chi connectivity index (χ0) is 13.9. The highest BCUT2D eigenvalue weighted by molar-refractivity contribution is 6.07. The van der Waals surface area contributed by atoms with E-state index < -0.39 is 0 Å². The second-order valence-electron chi connectivity index (χ2n) is 5.25. The van der Waals surface area contributed by atoms with E-state index in [9.17, 15) is 4.79 Å². The lowest BCUT2D eigenvalue weighted by atomic mass is 9.94. The summed E-state index contributed by atoms with van der Waals surface area (Å²) in [5.41, 5.74) is 0.625. The third kappa shape index (κ3) is 2.78. The van der Waals surface area contributed by atoms with Crippen LogP contribution in [0.3, 0.4) is 0 Å². The summed E-state index contributed by atoms with van der Waals surface area (Å²) >= 11 is 0. The van der Waals surface area contributed by atoms with Gasteiger partial charge in [-0.05, 0) is 36.6 Å². The van der Waals surface area contributed by atoms with Crippen molar-refractivity contribution in [3.8, 4) is 0 Å². The second-order valence-corrected chi connectivity index (χ2v) is 5.25. The first-order chi connectivity index (χ1) is 9.09. The Bertz CT molecular complexity index is 579. The average molecular weight is 255 g/mol. The summed E-state index contributed by atoms with van der Waals surface area (Å²) in [6, 6.07) is 13.9. The van der Waals surface area contributed by atoms with Crippen molar-refractivity contribution in [1.82, 2.24) is 5.32 Å². The Morgan fingerprint density at radius 2 is 1.68 bits per heavy atom. The maximum absolute atomic E-state index is 12.5. The first kappa shape index (κ1) is 13.6. The van der Waals surface area contributed by atoms with E-state index in [0.29, 0.717) is 0 Å². The van der Waals surface area contributed by atoms with Gasteiger partial charge in [0.1, 0.15) is 0 Å². The predicted octanol–water partition coefficient (Wildman–Crippen LogP) is 4.15. The van der Waals surface area contributed by atoms with Gasteiger partial charge in [0.05, 0.1) is 0 Å². The number of hydrogen-bond acceptors (Lipinski definition) is 1. The largest absolute Gasteiger partial charge is 0.347 e. The molecule has 0 heterocycles. The van der Waals surface area contributed by atoms with Crippen molar-refractivity contribution >= 4 is 16.7 Å². The van der Waals surface area contributed by atoms with Crippen LogP contribution in [0.15, 0.2) is 42.5 Å². The SMILES string of the molecule is CCC(C)(CC)NC(=O)c1cccc2ccccc12. The van der Waals surface area contributed by atoms with E-state index in [1.54, 1.807) is 0 Å². The number of hydrogen-bond donors (Lipinski definition) is 1. The highest BCUT2D eigenvalue weighted by Crippen LogP contribution is 2.20. The molecule has 0 unspecified atom stereocenters. The van der Waals surface area contributed by atoms with Gasteiger partial charge in [0.15, 0.2) is 0 Å². The quantitative estimate of drug-likeness (QED) is 0.873. The number of carbonyl (C=O) groups excluding carboxylic acids is 1. The minimum absolute atomic E-state index is 0.0167. The summed E-state index contributed by atoms with van der Waals surface area (Å²) in [7, 11) is 0. The van der Waals surface area contributed by atoms with Crippen molar-refractivity contribution in [1.29, 1.82) is 0 Å². The summed E-state index contributed by atoms with van der Waals surface area (Å²) in [6.07, 6.45) is 1.86. The monoisotopic (exact) mass is 255 g/mol. The molecule has 0 radical (unpaired) electrons. The fourth-order valence-electron chi connectivity index (χ4n) is 2.19. The van der Waals surface area contributed by atoms with E-state index in [0.717, 1.165) is 29.2 Å². The standard InChI is InChI=1S/C17H21NO/c1-4-17(3,5-2)18-16(19)15-12-8-10-13-9-6-7-11-14(13)15/h6-12H,4-5H2,1-3H3,(H,18,19). The summed E-state index contributed by atoms with van der Waals surface area (Å²) in [5.74, 6) is 0.0167. The summed E-state index contributed by atoms with van der Waals surface area (Å²) in [4.78, 5) is 12.5. The summed E-state index contributed by atoms with van der Waals surface area (Å²) in [5, 5.41) is 5.28. The van der Waals surface area contributed by atoms with Crippen LogP contribution in [0.25, 0.3) is 10.8 Å². The Kier molecular flexibility index (Phi) is 3.89. The number of nitrogens with one attached hydrogen (secondary N) is 1. The molecule has 0 aliphatic heterocycles. The fraction of sp³-hybridized carbons (Fsp3) is 0.353. The van der Waals surface area contributed by atoms with Gasteiger partial charge in [0, 0.05) is 11.1 Å². The van der Waals surface area contributed by atoms with Gasteiger partial charge in [0.2, 0.25) is 0 Å². The smallest absolute Gasteiger partial charge is 0.252 e. The van der Waals surface area contributed by atoms with E-state index in [4.69, 9.17) is 0 Å². The molecule has 1 amide bonds. The Balaban J connectivity index is 2.37. The van der Waals surface area contributed by atoms with Crippen LogP contribution >= 0.6 is 0 Å². The molecule has 2 rings (SSSR count). The first-order valence-electron chi connectivity index (χ1n) is 6.90. The van der Waals surface area contributed by atoms with Crippen molar-refractivity contribution in [2.24, 2.45) is 0 Å². The van der Waals surface area contributed by atoms with Crippen molar-refractivity contribution in [2.75, 3.05) is 0 Å². The molecule has 2 aromatic carbocycles. The Morgan fingerprint density at radius 3 is 2.37 bits per heavy atom. The molecule has 0 atom stereocenters. The third-order valence-corrected chi connectivity index (χ3v) is 4.01. The minimum atomic E-state index is -0.131. The van der Waals surface area contributed by atoms with Crippen molar-refractivity contribution in [3.63, 3.8) is 0 Å². The van der Waals surface area contributed by atoms with Gasteiger partial charge in [-0.3, -0.25) is 4.79 Å². The van der Waals surface area contributed by atoms with E-state index in [1.807, 2.05) is 42.5 Å². The van der Waals surface area contributed by atoms with Gasteiger partial charge in [-0.25, -0.2) is 0 Å². The molecule has 0 spiro atoms. The number of amides is 1. The average Bonchev–Trinajstić information content (AvgIpc) is 2.46. The molecular weight excluding hydrogens is 234 g/mol. The van der Waals surface area contributed by atoms with Crippen LogP contribution in [0, 0.1) is 0 Å². The van der Waals surface area contributed by atoms with Crippen LogP contribution in [0.5, 0.6) is 0 Å². The number of carbonyl (C=O) groups is 1. The molecule has 0 aliphatic carbocycles. The Labute approximate surface area is 114 Å². The van der Waals surface area contributed by atoms with Gasteiger partial charge in [0.25, 0.3) is 5.91 Å². The maximum atomic E-state index is 12.5. The number of benzene rings is 2. The molecular formula is C17H21NO. The second kappa shape index (κ2) is 5.43. The first-order valence-corrected chi connectivity index (χ1v) is 6.90. The van der Waals surface area contributed by atoms with E-state index in [-0.39, 0.29) is 11.4 Å². The Morgan fingerprint density at radius 1 is 1.05 bits per heavy atom. The zero-order valence-electron chi connectivity index (χ0n) is 11.9. The highest BCUT2D eigenvalue weighted by atomic mass is 16.1. The molecule has 0 bridgehead atoms. The van der Waals surface area contributed by atoms with Crippen molar-refractivity contribution in [3.05, 3.63) is 48.0 Å². The fourth-order valence-corrected chi connectivity index (χ4v) is 2.19. The molecule has 2 aromatic rings. The lowest BCUT2D eigenvalue weighted by Gasteiger charge is -2.28. The van der Waals surface area contributed by atoms with E-state index >= 15 is 0 Å². The number of rotatable bonds is 4. The van der Waals surface area contributed by atoms with Crippen molar-refractivity contribution < 1.29 is 4.79 Å². The van der Waals surface area contributed by atoms with Crippen molar-refractivity contribution in [2.45, 2.75) is 39.2 Å². The normalized spacial score (nSPS) is 11.5. The molecule has 100 valence electrons. The summed E-state index contributed by atoms with van der Waals surface area (Å²) < 4.78 is 0. The molecule has 1 N–H and O–H groups in total. The van der Waals surface area contributed by atoms with E-state index in [2.05, 4.69) is 26.1 Å². The van der Waals surface area contributed by atoms with Gasteiger partial charge in [-0.1, -0.05) is 50.2 Å². The van der Waals surface area contributed by atoms with Gasteiger partial charge in [-0.15, -0.1) is 0 Å². The van der Waals surface area contributed by atoms with Crippen LogP contribution in [-0.2, 0) is 0 Å². The minimum Gasteiger partial charge on any atom is -0.347 e. The summed E-state index contributed by atoms with van der Waals surface area (Å²) in [6.45, 7) is 6.30. The number of fused-ring (bicyclic) bond motifs is 1. The topological polar surface area (TPSA) is 29.1 Å². The zero-order valence-corrected chi connectivity index (χ0v) is 11.9. The lowest BCUT2D eigenvalue weighted by molar-refractivity contribution is 0.0903. The lowest BCUT2D eigenvalue weighted by Crippen LogP contribution is -2.45. The van der Waals surface area contributed by atoms with E-state index in [1.165, 1.54) is 0 Å². The van der Waals surface area contributed by atoms with Crippen LogP contribution in [-0.4, -0.2) is 11.4 Å². The van der Waals surface area contributed by atoms with Crippen LogP contribution in [0.2, 0.25) is 0 Å². The molecule has 0 fully saturated rings. The van der Waals surface area contributed by atoms with Crippen LogP contribution in [0.4, 0.5) is 0 Å². The highest BCUT2D eigenvalue weighted by Gasteiger charge is 2.23. The molecule has 0 saturated heterocycles. The Hall–Kier alpha value is -1.83. The molecule has 2 heteroatoms.